The number of nitrogens with zero attached hydrogens (tertiary/aromatic N) is 1. The van der Waals surface area contributed by atoms with Gasteiger partial charge in [-0.2, -0.15) is 0 Å². The molecule has 1 saturated heterocycles. The van der Waals surface area contributed by atoms with Gasteiger partial charge in [0.1, 0.15) is 12.2 Å². The fourth-order valence-electron chi connectivity index (χ4n) is 9.38. The van der Waals surface area contributed by atoms with E-state index in [0.29, 0.717) is 18.3 Å². The molecular formula is C29H31NO4. The summed E-state index contributed by atoms with van der Waals surface area (Å²) in [4.78, 5) is 4.36. The Morgan fingerprint density at radius 2 is 1.94 bits per heavy atom. The summed E-state index contributed by atoms with van der Waals surface area (Å²) < 4.78 is 7.09. The Kier molecular flexibility index (Phi) is 3.57. The molecule has 5 nitrogen and oxygen atoms in total. The van der Waals surface area contributed by atoms with E-state index in [1.54, 1.807) is 0 Å². The highest BCUT2D eigenvalue weighted by atomic mass is 16.5. The van der Waals surface area contributed by atoms with Crippen molar-refractivity contribution in [1.82, 2.24) is 4.98 Å². The highest BCUT2D eigenvalue weighted by Gasteiger charge is 2.78. The average Bonchev–Trinajstić information content (AvgIpc) is 3.42. The molecule has 0 radical (unpaired) electrons. The van der Waals surface area contributed by atoms with E-state index in [1.807, 2.05) is 12.4 Å². The lowest BCUT2D eigenvalue weighted by Crippen LogP contribution is -2.60. The van der Waals surface area contributed by atoms with Gasteiger partial charge in [0.25, 0.3) is 0 Å². The van der Waals surface area contributed by atoms with Gasteiger partial charge in [0.15, 0.2) is 0 Å². The molecule has 3 saturated carbocycles. The molecule has 5 heteroatoms. The van der Waals surface area contributed by atoms with Gasteiger partial charge >= 0.3 is 0 Å². The smallest absolute Gasteiger partial charge is 0.110 e. The zero-order valence-corrected chi connectivity index (χ0v) is 19.4. The summed E-state index contributed by atoms with van der Waals surface area (Å²) >= 11 is 0. The van der Waals surface area contributed by atoms with Gasteiger partial charge in [0, 0.05) is 29.6 Å². The highest BCUT2D eigenvalue weighted by Crippen LogP contribution is 2.80. The Balaban J connectivity index is 1.25. The number of rotatable bonds is 1. The maximum atomic E-state index is 10.8. The second-order valence-electron chi connectivity index (χ2n) is 12.2. The van der Waals surface area contributed by atoms with Crippen LogP contribution in [0.2, 0.25) is 0 Å². The third-order valence-electron chi connectivity index (χ3n) is 11.1. The number of aromatic nitrogens is 1. The Morgan fingerprint density at radius 3 is 2.82 bits per heavy atom. The van der Waals surface area contributed by atoms with Gasteiger partial charge in [-0.15, -0.1) is 0 Å². The third-order valence-corrected chi connectivity index (χ3v) is 11.1. The van der Waals surface area contributed by atoms with Crippen molar-refractivity contribution in [3.8, 4) is 0 Å². The second kappa shape index (κ2) is 6.01. The molecule has 2 bridgehead atoms. The molecule has 2 aromatic rings. The minimum atomic E-state index is -1.15. The van der Waals surface area contributed by atoms with Crippen LogP contribution < -0.4 is 0 Å². The van der Waals surface area contributed by atoms with Crippen LogP contribution in [-0.2, 0) is 10.2 Å². The molecule has 2 spiro atoms. The quantitative estimate of drug-likeness (QED) is 0.610. The largest absolute Gasteiger partial charge is 0.390 e. The van der Waals surface area contributed by atoms with Crippen molar-refractivity contribution in [1.29, 1.82) is 0 Å². The first-order valence-corrected chi connectivity index (χ1v) is 12.8. The van der Waals surface area contributed by atoms with Gasteiger partial charge in [-0.05, 0) is 83.6 Å². The topological polar surface area (TPSA) is 82.8 Å². The molecule has 6 aliphatic rings. The number of allylic oxidation sites excluding steroid dienone is 1. The van der Waals surface area contributed by atoms with Crippen LogP contribution in [0.5, 0.6) is 0 Å². The minimum absolute atomic E-state index is 0.0966. The van der Waals surface area contributed by atoms with Crippen molar-refractivity contribution in [3.05, 3.63) is 65.5 Å². The number of aliphatic hydroxyl groups excluding tert-OH is 3. The van der Waals surface area contributed by atoms with E-state index in [-0.39, 0.29) is 16.4 Å². The zero-order chi connectivity index (χ0) is 23.1. The molecule has 1 aromatic carbocycles. The first kappa shape index (κ1) is 20.2. The van der Waals surface area contributed by atoms with Crippen LogP contribution in [0.25, 0.3) is 10.8 Å². The second-order valence-corrected chi connectivity index (χ2v) is 12.2. The van der Waals surface area contributed by atoms with Crippen LogP contribution in [0.4, 0.5) is 0 Å². The van der Waals surface area contributed by atoms with E-state index in [0.717, 1.165) is 31.3 Å². The van der Waals surface area contributed by atoms with Gasteiger partial charge in [-0.25, -0.2) is 0 Å². The van der Waals surface area contributed by atoms with Crippen molar-refractivity contribution in [2.24, 2.45) is 17.3 Å². The predicted molar refractivity (Wildman–Crippen MR) is 127 cm³/mol. The third kappa shape index (κ3) is 2.08. The lowest BCUT2D eigenvalue weighted by Gasteiger charge is -2.56. The maximum absolute atomic E-state index is 10.8. The average molecular weight is 458 g/mol. The predicted octanol–water partition coefficient (Wildman–Crippen LogP) is 3.56. The number of benzene rings is 1. The molecule has 9 atom stereocenters. The van der Waals surface area contributed by atoms with Crippen LogP contribution in [0.15, 0.2) is 60.0 Å². The fourth-order valence-corrected chi connectivity index (χ4v) is 9.38. The fraction of sp³-hybridized carbons (Fsp3) is 0.552. The van der Waals surface area contributed by atoms with E-state index < -0.39 is 23.9 Å². The first-order chi connectivity index (χ1) is 16.3. The summed E-state index contributed by atoms with van der Waals surface area (Å²) in [6.45, 7) is 2.49. The number of hydrogen-bond acceptors (Lipinski definition) is 5. The Morgan fingerprint density at radius 1 is 1.06 bits per heavy atom. The number of aliphatic hydroxyl groups is 3. The van der Waals surface area contributed by atoms with Crippen molar-refractivity contribution >= 4 is 10.8 Å². The standard InChI is InChI=1S/C29H31NO4/c1-26-6-4-19-11-21-24(32)25(33)22(31)14-27(21)7-8-29(19,34-27)23(26)12-20-13-28(20,26)18-3-2-16-5-9-30-15-17(16)10-18/h2-5,9-11,15,20,22-25,31-33H,6-8,12-14H2,1H3/t20-,22-,23+,24+,25-,26-,27+,28-,29?/m0/s1. The molecule has 4 fully saturated rings. The van der Waals surface area contributed by atoms with Crippen LogP contribution in [-0.4, -0.2) is 49.8 Å². The van der Waals surface area contributed by atoms with Crippen LogP contribution in [0, 0.1) is 17.3 Å². The Bertz CT molecular complexity index is 1320. The van der Waals surface area contributed by atoms with Crippen LogP contribution in [0.3, 0.4) is 0 Å². The molecular weight excluding hydrogens is 426 g/mol. The summed E-state index contributed by atoms with van der Waals surface area (Å²) in [7, 11) is 0. The van der Waals surface area contributed by atoms with Crippen LogP contribution >= 0.6 is 0 Å². The monoisotopic (exact) mass is 457 g/mol. The first-order valence-electron chi connectivity index (χ1n) is 12.8. The van der Waals surface area contributed by atoms with Crippen molar-refractivity contribution < 1.29 is 20.1 Å². The number of ether oxygens (including phenoxy) is 1. The number of pyridine rings is 1. The normalized spacial score (nSPS) is 50.1. The molecule has 3 N–H and O–H groups in total. The van der Waals surface area contributed by atoms with E-state index >= 15 is 0 Å². The Labute approximate surface area is 199 Å². The minimum Gasteiger partial charge on any atom is -0.390 e. The summed E-state index contributed by atoms with van der Waals surface area (Å²) in [6, 6.07) is 9.05. The molecule has 2 aliphatic heterocycles. The van der Waals surface area contributed by atoms with Gasteiger partial charge in [-0.3, -0.25) is 4.98 Å². The molecule has 1 aromatic heterocycles. The summed E-state index contributed by atoms with van der Waals surface area (Å²) in [5.74, 6) is 1.07. The molecule has 176 valence electrons. The molecule has 1 unspecified atom stereocenters. The molecule has 3 heterocycles. The summed E-state index contributed by atoms with van der Waals surface area (Å²) in [5, 5.41) is 34.1. The van der Waals surface area contributed by atoms with E-state index in [4.69, 9.17) is 4.74 Å². The lowest BCUT2D eigenvalue weighted by molar-refractivity contribution is -0.178. The summed E-state index contributed by atoms with van der Waals surface area (Å²) in [6.07, 6.45) is 10.6. The molecule has 8 rings (SSSR count). The number of fused-ring (bicyclic) bond motifs is 4. The van der Waals surface area contributed by atoms with Crippen molar-refractivity contribution in [2.75, 3.05) is 0 Å². The van der Waals surface area contributed by atoms with E-state index in [9.17, 15) is 15.3 Å². The van der Waals surface area contributed by atoms with Crippen molar-refractivity contribution in [2.45, 2.75) is 80.4 Å². The van der Waals surface area contributed by atoms with Gasteiger partial charge < -0.3 is 20.1 Å². The molecule has 34 heavy (non-hydrogen) atoms. The van der Waals surface area contributed by atoms with Gasteiger partial charge in [0.2, 0.25) is 0 Å². The molecule has 0 amide bonds. The van der Waals surface area contributed by atoms with Crippen molar-refractivity contribution in [3.63, 3.8) is 0 Å². The van der Waals surface area contributed by atoms with Crippen LogP contribution in [0.1, 0.15) is 51.0 Å². The summed E-state index contributed by atoms with van der Waals surface area (Å²) in [5.41, 5.74) is 2.68. The maximum Gasteiger partial charge on any atom is 0.110 e. The highest BCUT2D eigenvalue weighted by molar-refractivity contribution is 5.82. The van der Waals surface area contributed by atoms with E-state index in [1.165, 1.54) is 28.3 Å². The number of hydrogen-bond donors (Lipinski definition) is 3. The Hall–Kier alpha value is -2.05. The molecule has 4 aliphatic carbocycles. The van der Waals surface area contributed by atoms with Gasteiger partial charge in [-0.1, -0.05) is 31.2 Å². The zero-order valence-electron chi connectivity index (χ0n) is 19.4. The van der Waals surface area contributed by atoms with E-state index in [2.05, 4.69) is 48.3 Å². The van der Waals surface area contributed by atoms with Gasteiger partial charge in [0.05, 0.1) is 17.3 Å². The lowest BCUT2D eigenvalue weighted by atomic mass is 9.55. The SMILES string of the molecule is C[C@]12CC=C3C=C4[C@@H](O)[C@@H](O)[C@@H](O)C[C@]45CCC3(O5)[C@@H]1C[C@H]1C[C@]12c1ccc2ccncc2c1.